The number of esters is 1. The second-order valence-electron chi connectivity index (χ2n) is 4.59. The van der Waals surface area contributed by atoms with Gasteiger partial charge < -0.3 is 10.1 Å². The Balaban J connectivity index is 2.11. The van der Waals surface area contributed by atoms with Gasteiger partial charge in [-0.05, 0) is 36.8 Å². The first-order chi connectivity index (χ1) is 9.61. The fourth-order valence-corrected chi connectivity index (χ4v) is 3.35. The second-order valence-corrected chi connectivity index (χ2v) is 6.15. The lowest BCUT2D eigenvalue weighted by Crippen LogP contribution is -2.27. The molecule has 1 unspecified atom stereocenters. The Kier molecular flexibility index (Phi) is 5.31. The van der Waals surface area contributed by atoms with Gasteiger partial charge >= 0.3 is 5.97 Å². The van der Waals surface area contributed by atoms with Crippen LogP contribution in [-0.2, 0) is 9.53 Å². The van der Waals surface area contributed by atoms with E-state index in [0.29, 0.717) is 16.3 Å². The average Bonchev–Trinajstić information content (AvgIpc) is 2.49. The molecule has 0 aromatic heterocycles. The number of amides is 1. The van der Waals surface area contributed by atoms with Crippen LogP contribution in [0, 0.1) is 5.92 Å². The smallest absolute Gasteiger partial charge is 0.337 e. The zero-order valence-electron chi connectivity index (χ0n) is 11.1. The molecule has 1 aliphatic heterocycles. The van der Waals surface area contributed by atoms with Crippen LogP contribution in [0.25, 0.3) is 0 Å². The van der Waals surface area contributed by atoms with Crippen molar-refractivity contribution in [3.63, 3.8) is 0 Å². The minimum absolute atomic E-state index is 0.00611. The Morgan fingerprint density at radius 2 is 2.25 bits per heavy atom. The maximum Gasteiger partial charge on any atom is 0.337 e. The summed E-state index contributed by atoms with van der Waals surface area (Å²) in [6, 6.07) is 4.70. The van der Waals surface area contributed by atoms with Gasteiger partial charge in [0.25, 0.3) is 0 Å². The lowest BCUT2D eigenvalue weighted by molar-refractivity contribution is -0.119. The predicted molar refractivity (Wildman–Crippen MR) is 81.5 cm³/mol. The summed E-state index contributed by atoms with van der Waals surface area (Å²) in [5.74, 6) is 1.46. The first-order valence-electron chi connectivity index (χ1n) is 6.38. The molecule has 1 amide bonds. The van der Waals surface area contributed by atoms with Crippen LogP contribution in [0.5, 0.6) is 0 Å². The molecule has 0 bridgehead atoms. The summed E-state index contributed by atoms with van der Waals surface area (Å²) in [5.41, 5.74) is 0.820. The molecule has 1 aromatic rings. The van der Waals surface area contributed by atoms with E-state index >= 15 is 0 Å². The molecule has 0 aliphatic carbocycles. The molecule has 108 valence electrons. The zero-order valence-corrected chi connectivity index (χ0v) is 12.7. The summed E-state index contributed by atoms with van der Waals surface area (Å²) < 4.78 is 4.65. The van der Waals surface area contributed by atoms with E-state index < -0.39 is 5.97 Å². The van der Waals surface area contributed by atoms with E-state index in [4.69, 9.17) is 11.6 Å². The molecule has 1 heterocycles. The average molecular weight is 314 g/mol. The number of hydrogen-bond donors (Lipinski definition) is 1. The summed E-state index contributed by atoms with van der Waals surface area (Å²) in [4.78, 5) is 23.7. The molecular formula is C14H16ClNO3S. The number of anilines is 1. The van der Waals surface area contributed by atoms with Gasteiger partial charge in [0.05, 0.1) is 23.4 Å². The Morgan fingerprint density at radius 3 is 2.90 bits per heavy atom. The molecule has 1 fully saturated rings. The topological polar surface area (TPSA) is 55.4 Å². The van der Waals surface area contributed by atoms with Crippen molar-refractivity contribution in [1.82, 2.24) is 0 Å². The highest BCUT2D eigenvalue weighted by atomic mass is 35.5. The molecule has 2 rings (SSSR count). The first kappa shape index (κ1) is 15.2. The second kappa shape index (κ2) is 6.99. The fraction of sp³-hybridized carbons (Fsp3) is 0.429. The highest BCUT2D eigenvalue weighted by Crippen LogP contribution is 2.27. The van der Waals surface area contributed by atoms with E-state index in [9.17, 15) is 9.59 Å². The van der Waals surface area contributed by atoms with Crippen molar-refractivity contribution in [1.29, 1.82) is 0 Å². The Morgan fingerprint density at radius 1 is 1.45 bits per heavy atom. The van der Waals surface area contributed by atoms with Crippen LogP contribution in [0.4, 0.5) is 5.69 Å². The van der Waals surface area contributed by atoms with Crippen LogP contribution in [0.3, 0.4) is 0 Å². The lowest BCUT2D eigenvalue weighted by Gasteiger charge is -2.20. The molecule has 4 nitrogen and oxygen atoms in total. The molecule has 1 N–H and O–H groups in total. The number of carbonyl (C=O) groups is 2. The van der Waals surface area contributed by atoms with E-state index in [2.05, 4.69) is 10.1 Å². The molecule has 1 saturated heterocycles. The number of ether oxygens (including phenoxy) is 1. The van der Waals surface area contributed by atoms with Gasteiger partial charge in [-0.15, -0.1) is 0 Å². The van der Waals surface area contributed by atoms with Gasteiger partial charge in [0, 0.05) is 11.7 Å². The number of methoxy groups -OCH3 is 1. The maximum atomic E-state index is 12.2. The SMILES string of the molecule is COC(=O)c1ccc(Cl)c(NC(=O)C2CCCSC2)c1. The largest absolute Gasteiger partial charge is 0.465 e. The van der Waals surface area contributed by atoms with Gasteiger partial charge in [0.2, 0.25) is 5.91 Å². The van der Waals surface area contributed by atoms with Crippen molar-refractivity contribution in [2.45, 2.75) is 12.8 Å². The van der Waals surface area contributed by atoms with Crippen LogP contribution in [-0.4, -0.2) is 30.5 Å². The number of thioether (sulfide) groups is 1. The summed E-state index contributed by atoms with van der Waals surface area (Å²) >= 11 is 7.84. The molecule has 0 radical (unpaired) electrons. The van der Waals surface area contributed by atoms with Gasteiger partial charge in [-0.2, -0.15) is 11.8 Å². The van der Waals surface area contributed by atoms with Crippen molar-refractivity contribution in [2.75, 3.05) is 23.9 Å². The van der Waals surface area contributed by atoms with Crippen LogP contribution in [0.2, 0.25) is 5.02 Å². The van der Waals surface area contributed by atoms with Crippen molar-refractivity contribution in [3.8, 4) is 0 Å². The summed E-state index contributed by atoms with van der Waals surface area (Å²) in [6.45, 7) is 0. The Hall–Kier alpha value is -1.20. The monoisotopic (exact) mass is 313 g/mol. The van der Waals surface area contributed by atoms with Gasteiger partial charge in [-0.1, -0.05) is 11.6 Å². The minimum Gasteiger partial charge on any atom is -0.465 e. The summed E-state index contributed by atoms with van der Waals surface area (Å²) in [7, 11) is 1.31. The third kappa shape index (κ3) is 3.67. The number of halogens is 1. The Labute approximate surface area is 127 Å². The summed E-state index contributed by atoms with van der Waals surface area (Å²) in [5, 5.41) is 3.22. The molecule has 6 heteroatoms. The van der Waals surface area contributed by atoms with Crippen molar-refractivity contribution < 1.29 is 14.3 Å². The van der Waals surface area contributed by atoms with E-state index in [1.165, 1.54) is 7.11 Å². The van der Waals surface area contributed by atoms with Crippen molar-refractivity contribution in [2.24, 2.45) is 5.92 Å². The lowest BCUT2D eigenvalue weighted by atomic mass is 10.0. The van der Waals surface area contributed by atoms with Gasteiger partial charge in [-0.25, -0.2) is 4.79 Å². The van der Waals surface area contributed by atoms with Crippen LogP contribution in [0.1, 0.15) is 23.2 Å². The van der Waals surface area contributed by atoms with Gasteiger partial charge in [-0.3, -0.25) is 4.79 Å². The van der Waals surface area contributed by atoms with E-state index in [-0.39, 0.29) is 11.8 Å². The number of nitrogens with one attached hydrogen (secondary N) is 1. The molecule has 20 heavy (non-hydrogen) atoms. The normalized spacial score (nSPS) is 18.4. The van der Waals surface area contributed by atoms with E-state index in [1.807, 2.05) is 0 Å². The van der Waals surface area contributed by atoms with Crippen molar-refractivity contribution in [3.05, 3.63) is 28.8 Å². The zero-order chi connectivity index (χ0) is 14.5. The predicted octanol–water partition coefficient (Wildman–Crippen LogP) is 3.21. The van der Waals surface area contributed by atoms with E-state index in [0.717, 1.165) is 24.3 Å². The number of benzene rings is 1. The number of hydrogen-bond acceptors (Lipinski definition) is 4. The van der Waals surface area contributed by atoms with Crippen LogP contribution in [0.15, 0.2) is 18.2 Å². The van der Waals surface area contributed by atoms with Gasteiger partial charge in [0.15, 0.2) is 0 Å². The van der Waals surface area contributed by atoms with Gasteiger partial charge in [0.1, 0.15) is 0 Å². The highest BCUT2D eigenvalue weighted by Gasteiger charge is 2.22. The third-order valence-corrected chi connectivity index (χ3v) is 4.72. The van der Waals surface area contributed by atoms with E-state index in [1.54, 1.807) is 30.0 Å². The number of rotatable bonds is 3. The molecule has 1 aliphatic rings. The maximum absolute atomic E-state index is 12.2. The third-order valence-electron chi connectivity index (χ3n) is 3.18. The quantitative estimate of drug-likeness (QED) is 0.871. The molecule has 1 atom stereocenters. The fourth-order valence-electron chi connectivity index (χ4n) is 2.05. The number of carbonyl (C=O) groups excluding carboxylic acids is 2. The molecular weight excluding hydrogens is 298 g/mol. The standard InChI is InChI=1S/C14H16ClNO3S/c1-19-14(18)9-4-5-11(15)12(7-9)16-13(17)10-3-2-6-20-8-10/h4-5,7,10H,2-3,6,8H2,1H3,(H,16,17). The van der Waals surface area contributed by atoms with Crippen LogP contribution >= 0.6 is 23.4 Å². The van der Waals surface area contributed by atoms with Crippen molar-refractivity contribution >= 4 is 40.9 Å². The van der Waals surface area contributed by atoms with Crippen LogP contribution < -0.4 is 5.32 Å². The first-order valence-corrected chi connectivity index (χ1v) is 7.91. The minimum atomic E-state index is -0.453. The molecule has 0 saturated carbocycles. The highest BCUT2D eigenvalue weighted by molar-refractivity contribution is 7.99. The molecule has 1 aromatic carbocycles. The molecule has 0 spiro atoms. The Bertz CT molecular complexity index is 515. The summed E-state index contributed by atoms with van der Waals surface area (Å²) in [6.07, 6.45) is 1.95.